The first kappa shape index (κ1) is 13.6. The summed E-state index contributed by atoms with van der Waals surface area (Å²) in [5, 5.41) is 19.8. The van der Waals surface area contributed by atoms with Crippen LogP contribution in [0.15, 0.2) is 28.5 Å². The Hall–Kier alpha value is -1.82. The van der Waals surface area contributed by atoms with Gasteiger partial charge >= 0.3 is 5.97 Å². The molecule has 2 rings (SSSR count). The molecule has 0 spiro atoms. The van der Waals surface area contributed by atoms with E-state index in [0.29, 0.717) is 11.1 Å². The number of aliphatic carboxylic acids is 1. The Morgan fingerprint density at radius 3 is 2.53 bits per heavy atom. The number of phenols is 1. The quantitative estimate of drug-likeness (QED) is 0.885. The molecule has 0 fully saturated rings. The third kappa shape index (κ3) is 2.23. The summed E-state index contributed by atoms with van der Waals surface area (Å²) in [6, 6.07) is 4.41. The molecule has 0 aliphatic carbocycles. The topological polar surface area (TPSA) is 91.7 Å². The maximum atomic E-state index is 12.0. The molecule has 0 atom stereocenters. The molecule has 19 heavy (non-hydrogen) atoms. The SMILES string of the molecule is CC(C)(CC1=CS(=O)(=O)c2c(O)cccc21)C(=O)O. The van der Waals surface area contributed by atoms with Gasteiger partial charge in [0.15, 0.2) is 0 Å². The zero-order valence-electron chi connectivity index (χ0n) is 10.5. The second-order valence-electron chi connectivity index (χ2n) is 5.21. The number of sulfone groups is 1. The highest BCUT2D eigenvalue weighted by molar-refractivity contribution is 7.95. The lowest BCUT2D eigenvalue weighted by Crippen LogP contribution is -2.23. The molecule has 0 radical (unpaired) electrons. The molecule has 0 amide bonds. The van der Waals surface area contributed by atoms with Gasteiger partial charge in [-0.15, -0.1) is 0 Å². The van der Waals surface area contributed by atoms with Gasteiger partial charge in [0, 0.05) is 11.0 Å². The molecule has 5 nitrogen and oxygen atoms in total. The fourth-order valence-electron chi connectivity index (χ4n) is 2.08. The van der Waals surface area contributed by atoms with Gasteiger partial charge in [0.2, 0.25) is 9.84 Å². The maximum absolute atomic E-state index is 12.0. The van der Waals surface area contributed by atoms with Crippen molar-refractivity contribution in [3.05, 3.63) is 29.2 Å². The number of carboxylic acid groups (broad SMARTS) is 1. The van der Waals surface area contributed by atoms with Crippen LogP contribution in [-0.4, -0.2) is 24.6 Å². The molecule has 102 valence electrons. The summed E-state index contributed by atoms with van der Waals surface area (Å²) in [4.78, 5) is 11.0. The summed E-state index contributed by atoms with van der Waals surface area (Å²) in [6.45, 7) is 3.06. The highest BCUT2D eigenvalue weighted by Crippen LogP contribution is 2.43. The van der Waals surface area contributed by atoms with Gasteiger partial charge in [0.1, 0.15) is 10.6 Å². The van der Waals surface area contributed by atoms with Crippen molar-refractivity contribution in [3.63, 3.8) is 0 Å². The molecule has 0 saturated carbocycles. The van der Waals surface area contributed by atoms with Gasteiger partial charge < -0.3 is 10.2 Å². The van der Waals surface area contributed by atoms with E-state index in [9.17, 15) is 18.3 Å². The normalized spacial score (nSPS) is 16.8. The first-order valence-electron chi connectivity index (χ1n) is 5.66. The van der Waals surface area contributed by atoms with Crippen molar-refractivity contribution in [1.29, 1.82) is 0 Å². The summed E-state index contributed by atoms with van der Waals surface area (Å²) in [5.74, 6) is -1.31. The number of phenolic OH excluding ortho intramolecular Hbond substituents is 1. The van der Waals surface area contributed by atoms with Crippen molar-refractivity contribution >= 4 is 21.4 Å². The number of carbonyl (C=O) groups is 1. The monoisotopic (exact) mass is 282 g/mol. The van der Waals surface area contributed by atoms with Crippen LogP contribution in [0.25, 0.3) is 5.57 Å². The number of fused-ring (bicyclic) bond motifs is 1. The Balaban J connectivity index is 2.53. The summed E-state index contributed by atoms with van der Waals surface area (Å²) in [5.41, 5.74) is -0.276. The van der Waals surface area contributed by atoms with E-state index in [2.05, 4.69) is 0 Å². The third-order valence-corrected chi connectivity index (χ3v) is 4.73. The van der Waals surface area contributed by atoms with Gasteiger partial charge in [0.05, 0.1) is 5.41 Å². The van der Waals surface area contributed by atoms with Crippen LogP contribution in [0.5, 0.6) is 5.75 Å². The molecule has 1 aromatic rings. The largest absolute Gasteiger partial charge is 0.507 e. The molecular weight excluding hydrogens is 268 g/mol. The second-order valence-corrected chi connectivity index (χ2v) is 6.94. The van der Waals surface area contributed by atoms with Crippen molar-refractivity contribution in [2.75, 3.05) is 0 Å². The van der Waals surface area contributed by atoms with Crippen molar-refractivity contribution < 1.29 is 23.4 Å². The van der Waals surface area contributed by atoms with E-state index in [-0.39, 0.29) is 17.1 Å². The molecule has 1 aliphatic rings. The van der Waals surface area contributed by atoms with E-state index >= 15 is 0 Å². The summed E-state index contributed by atoms with van der Waals surface area (Å²) >= 11 is 0. The molecule has 2 N–H and O–H groups in total. The van der Waals surface area contributed by atoms with E-state index in [1.54, 1.807) is 6.07 Å². The van der Waals surface area contributed by atoms with Crippen LogP contribution in [-0.2, 0) is 14.6 Å². The number of carboxylic acids is 1. The predicted molar refractivity (Wildman–Crippen MR) is 69.3 cm³/mol. The highest BCUT2D eigenvalue weighted by Gasteiger charge is 2.35. The molecule has 0 unspecified atom stereocenters. The van der Waals surface area contributed by atoms with Gasteiger partial charge in [-0.3, -0.25) is 4.79 Å². The minimum absolute atomic E-state index is 0.0814. The van der Waals surface area contributed by atoms with Gasteiger partial charge in [-0.25, -0.2) is 8.42 Å². The molecule has 1 aromatic carbocycles. The van der Waals surface area contributed by atoms with Crippen molar-refractivity contribution in [2.45, 2.75) is 25.2 Å². The van der Waals surface area contributed by atoms with Gasteiger partial charge in [-0.1, -0.05) is 12.1 Å². The number of allylic oxidation sites excluding steroid dienone is 1. The molecule has 1 aliphatic heterocycles. The van der Waals surface area contributed by atoms with E-state index in [0.717, 1.165) is 5.41 Å². The minimum atomic E-state index is -3.69. The highest BCUT2D eigenvalue weighted by atomic mass is 32.2. The van der Waals surface area contributed by atoms with E-state index in [1.165, 1.54) is 26.0 Å². The van der Waals surface area contributed by atoms with Crippen molar-refractivity contribution in [2.24, 2.45) is 5.41 Å². The molecular formula is C13H14O5S. The van der Waals surface area contributed by atoms with Gasteiger partial charge in [-0.2, -0.15) is 0 Å². The summed E-state index contributed by atoms with van der Waals surface area (Å²) in [7, 11) is -3.69. The van der Waals surface area contributed by atoms with Crippen LogP contribution in [0, 0.1) is 5.41 Å². The maximum Gasteiger partial charge on any atom is 0.309 e. The minimum Gasteiger partial charge on any atom is -0.507 e. The number of benzene rings is 1. The van der Waals surface area contributed by atoms with E-state index < -0.39 is 21.2 Å². The zero-order chi connectivity index (χ0) is 14.4. The number of rotatable bonds is 3. The van der Waals surface area contributed by atoms with Crippen molar-refractivity contribution in [1.82, 2.24) is 0 Å². The van der Waals surface area contributed by atoms with Gasteiger partial charge in [-0.05, 0) is 31.9 Å². The number of hydrogen-bond donors (Lipinski definition) is 2. The fourth-order valence-corrected chi connectivity index (χ4v) is 3.64. The van der Waals surface area contributed by atoms with Crippen LogP contribution in [0.2, 0.25) is 0 Å². The standard InChI is InChI=1S/C13H14O5S/c1-13(2,12(15)16)6-8-7-19(17,18)11-9(8)4-3-5-10(11)14/h3-5,7,14H,6H2,1-2H3,(H,15,16). The molecule has 6 heteroatoms. The van der Waals surface area contributed by atoms with E-state index in [4.69, 9.17) is 5.11 Å². The Morgan fingerprint density at radius 1 is 1.32 bits per heavy atom. The zero-order valence-corrected chi connectivity index (χ0v) is 11.4. The predicted octanol–water partition coefficient (Wildman–Crippen LogP) is 2.02. The molecule has 1 heterocycles. The smallest absolute Gasteiger partial charge is 0.309 e. The lowest BCUT2D eigenvalue weighted by atomic mass is 9.84. The fraction of sp³-hybridized carbons (Fsp3) is 0.308. The van der Waals surface area contributed by atoms with Crippen LogP contribution in [0.1, 0.15) is 25.8 Å². The summed E-state index contributed by atoms with van der Waals surface area (Å²) < 4.78 is 23.9. The van der Waals surface area contributed by atoms with Crippen LogP contribution in [0.4, 0.5) is 0 Å². The Morgan fingerprint density at radius 2 is 1.95 bits per heavy atom. The average Bonchev–Trinajstić information content (AvgIpc) is 2.50. The third-order valence-electron chi connectivity index (χ3n) is 3.13. The molecule has 0 bridgehead atoms. The first-order chi connectivity index (χ1) is 8.65. The lowest BCUT2D eigenvalue weighted by Gasteiger charge is -2.19. The Kier molecular flexibility index (Phi) is 2.93. The van der Waals surface area contributed by atoms with Crippen molar-refractivity contribution in [3.8, 4) is 5.75 Å². The van der Waals surface area contributed by atoms with Gasteiger partial charge in [0.25, 0.3) is 0 Å². The second kappa shape index (κ2) is 4.09. The van der Waals surface area contributed by atoms with E-state index in [1.807, 2.05) is 0 Å². The van der Waals surface area contributed by atoms with Crippen LogP contribution >= 0.6 is 0 Å². The molecule has 0 saturated heterocycles. The average molecular weight is 282 g/mol. The summed E-state index contributed by atoms with van der Waals surface area (Å²) in [6.07, 6.45) is 0.0814. The lowest BCUT2D eigenvalue weighted by molar-refractivity contribution is -0.146. The Bertz CT molecular complexity index is 683. The Labute approximate surface area is 111 Å². The number of hydrogen-bond acceptors (Lipinski definition) is 4. The van der Waals surface area contributed by atoms with Crippen LogP contribution in [0.3, 0.4) is 0 Å². The van der Waals surface area contributed by atoms with Crippen LogP contribution < -0.4 is 0 Å². The molecule has 0 aromatic heterocycles. The first-order valence-corrected chi connectivity index (χ1v) is 7.21. The number of aromatic hydroxyl groups is 1.